The van der Waals surface area contributed by atoms with Gasteiger partial charge in [-0.3, -0.25) is 9.78 Å². The second-order valence-electron chi connectivity index (χ2n) is 11.6. The summed E-state index contributed by atoms with van der Waals surface area (Å²) in [7, 11) is 0. The van der Waals surface area contributed by atoms with E-state index in [1.54, 1.807) is 30.5 Å². The van der Waals surface area contributed by atoms with Crippen molar-refractivity contribution in [2.24, 2.45) is 5.41 Å². The third-order valence-corrected chi connectivity index (χ3v) is 8.67. The zero-order valence-electron chi connectivity index (χ0n) is 24.9. The largest absolute Gasteiger partial charge is 0.488 e. The summed E-state index contributed by atoms with van der Waals surface area (Å²) in [6.45, 7) is 1.27. The number of aliphatic carboxylic acids is 1. The third-order valence-electron chi connectivity index (χ3n) is 8.37. The normalized spacial score (nSPS) is 15.1. The summed E-state index contributed by atoms with van der Waals surface area (Å²) in [5.74, 6) is -0.290. The standard InChI is InChI=1S/C36H34ClFN2O5/c1-36(22-41,35(42)43)14-5-4-7-25-16-30(37)34(17-33(25)44-21-24-15-23(18-39)19-40-20-24)45-32-13-12-27-26(9-6-10-29(27)32)28-8-2-3-11-31(28)38/h2-3,6,8-11,15-17,19-20,32,41H,4-5,7,12-14,21-22H2,1H3,(H,42,43)/t32-,36-/m0/s1. The number of aliphatic hydroxyl groups excluding tert-OH is 1. The SMILES string of the molecule is C[C@@](CO)(CCCCc1cc(Cl)c(O[C@H]2CCc3c(-c4ccccc4F)cccc32)cc1OCc1cncc(C#N)c1)C(=O)O. The van der Waals surface area contributed by atoms with Gasteiger partial charge in [-0.1, -0.05) is 54.4 Å². The molecule has 0 saturated carbocycles. The number of rotatable bonds is 13. The first-order valence-electron chi connectivity index (χ1n) is 14.9. The van der Waals surface area contributed by atoms with Crippen LogP contribution in [0.15, 0.2) is 73.1 Å². The quantitative estimate of drug-likeness (QED) is 0.145. The topological polar surface area (TPSA) is 113 Å². The molecule has 0 fully saturated rings. The number of nitriles is 1. The molecule has 0 radical (unpaired) electrons. The van der Waals surface area contributed by atoms with Gasteiger partial charge in [-0.05, 0) is 79.5 Å². The molecule has 1 aromatic heterocycles. The van der Waals surface area contributed by atoms with Crippen molar-refractivity contribution in [3.05, 3.63) is 112 Å². The minimum atomic E-state index is -1.20. The second-order valence-corrected chi connectivity index (χ2v) is 12.0. The zero-order chi connectivity index (χ0) is 32.0. The number of carbonyl (C=O) groups is 1. The van der Waals surface area contributed by atoms with Gasteiger partial charge in [0.05, 0.1) is 22.6 Å². The molecule has 0 saturated heterocycles. The van der Waals surface area contributed by atoms with Crippen molar-refractivity contribution >= 4 is 17.6 Å². The highest BCUT2D eigenvalue weighted by Crippen LogP contribution is 2.43. The van der Waals surface area contributed by atoms with E-state index in [0.717, 1.165) is 34.2 Å². The number of nitrogens with zero attached hydrogens (tertiary/aromatic N) is 2. The molecule has 1 aliphatic carbocycles. The first-order chi connectivity index (χ1) is 21.7. The summed E-state index contributed by atoms with van der Waals surface area (Å²) in [5, 5.41) is 28.7. The maximum absolute atomic E-state index is 14.7. The Kier molecular flexibility index (Phi) is 10.0. The van der Waals surface area contributed by atoms with Crippen molar-refractivity contribution in [2.75, 3.05) is 6.61 Å². The number of benzene rings is 3. The Morgan fingerprint density at radius 1 is 1.11 bits per heavy atom. The Morgan fingerprint density at radius 2 is 1.91 bits per heavy atom. The highest BCUT2D eigenvalue weighted by Gasteiger charge is 2.32. The van der Waals surface area contributed by atoms with Crippen molar-refractivity contribution in [1.29, 1.82) is 5.26 Å². The molecule has 232 valence electrons. The molecule has 0 unspecified atom stereocenters. The van der Waals surface area contributed by atoms with Crippen LogP contribution in [0.3, 0.4) is 0 Å². The third kappa shape index (κ3) is 7.28. The van der Waals surface area contributed by atoms with E-state index in [-0.39, 0.29) is 18.5 Å². The molecule has 1 heterocycles. The number of aromatic nitrogens is 1. The van der Waals surface area contributed by atoms with Crippen molar-refractivity contribution in [3.63, 3.8) is 0 Å². The Labute approximate surface area is 266 Å². The number of hydrogen-bond acceptors (Lipinski definition) is 6. The van der Waals surface area contributed by atoms with Gasteiger partial charge in [0.15, 0.2) is 0 Å². The molecule has 2 atom stereocenters. The van der Waals surface area contributed by atoms with Gasteiger partial charge < -0.3 is 19.7 Å². The Bertz CT molecular complexity index is 1740. The first-order valence-corrected chi connectivity index (χ1v) is 15.3. The molecule has 45 heavy (non-hydrogen) atoms. The second kappa shape index (κ2) is 14.1. The summed E-state index contributed by atoms with van der Waals surface area (Å²) in [6, 6.07) is 20.0. The van der Waals surface area contributed by atoms with Crippen LogP contribution in [0.4, 0.5) is 4.39 Å². The number of carboxylic acids is 1. The fraction of sp³-hybridized carbons (Fsp3) is 0.306. The maximum Gasteiger partial charge on any atom is 0.311 e. The van der Waals surface area contributed by atoms with Crippen LogP contribution >= 0.6 is 11.6 Å². The van der Waals surface area contributed by atoms with Gasteiger partial charge in [0.2, 0.25) is 0 Å². The predicted octanol–water partition coefficient (Wildman–Crippen LogP) is 7.85. The number of hydrogen-bond donors (Lipinski definition) is 2. The molecule has 0 aliphatic heterocycles. The highest BCUT2D eigenvalue weighted by atomic mass is 35.5. The number of fused-ring (bicyclic) bond motifs is 1. The van der Waals surface area contributed by atoms with Gasteiger partial charge >= 0.3 is 5.97 Å². The van der Waals surface area contributed by atoms with Crippen LogP contribution in [0.2, 0.25) is 5.02 Å². The fourth-order valence-corrected chi connectivity index (χ4v) is 5.92. The number of aryl methyl sites for hydroxylation is 1. The average molecular weight is 629 g/mol. The van der Waals surface area contributed by atoms with Gasteiger partial charge in [0.25, 0.3) is 0 Å². The number of aliphatic hydroxyl groups is 1. The van der Waals surface area contributed by atoms with Crippen LogP contribution < -0.4 is 9.47 Å². The average Bonchev–Trinajstić information content (AvgIpc) is 3.46. The summed E-state index contributed by atoms with van der Waals surface area (Å²) < 4.78 is 27.4. The first kappa shape index (κ1) is 32.0. The monoisotopic (exact) mass is 628 g/mol. The maximum atomic E-state index is 14.7. The molecule has 5 rings (SSSR count). The Morgan fingerprint density at radius 3 is 2.67 bits per heavy atom. The van der Waals surface area contributed by atoms with E-state index in [9.17, 15) is 24.7 Å². The molecule has 3 aromatic carbocycles. The molecular weight excluding hydrogens is 595 g/mol. The lowest BCUT2D eigenvalue weighted by atomic mass is 9.85. The van der Waals surface area contributed by atoms with Gasteiger partial charge in [-0.25, -0.2) is 4.39 Å². The minimum absolute atomic E-state index is 0.163. The summed E-state index contributed by atoms with van der Waals surface area (Å²) in [6.07, 6.45) is 6.38. The number of pyridine rings is 1. The smallest absolute Gasteiger partial charge is 0.311 e. The lowest BCUT2D eigenvalue weighted by Gasteiger charge is -2.22. The van der Waals surface area contributed by atoms with Gasteiger partial charge in [-0.2, -0.15) is 5.26 Å². The predicted molar refractivity (Wildman–Crippen MR) is 169 cm³/mol. The van der Waals surface area contributed by atoms with Crippen LogP contribution in [0.25, 0.3) is 11.1 Å². The molecule has 7 nitrogen and oxygen atoms in total. The van der Waals surface area contributed by atoms with E-state index < -0.39 is 18.0 Å². The molecule has 1 aliphatic rings. The van der Waals surface area contributed by atoms with Gasteiger partial charge in [0, 0.05) is 29.6 Å². The van der Waals surface area contributed by atoms with Crippen molar-refractivity contribution in [2.45, 2.75) is 58.2 Å². The van der Waals surface area contributed by atoms with E-state index in [4.69, 9.17) is 21.1 Å². The highest BCUT2D eigenvalue weighted by molar-refractivity contribution is 6.32. The number of carboxylic acid groups (broad SMARTS) is 1. The van der Waals surface area contributed by atoms with Gasteiger partial charge in [0.1, 0.15) is 36.1 Å². The number of unbranched alkanes of at least 4 members (excludes halogenated alkanes) is 1. The Balaban J connectivity index is 1.38. The van der Waals surface area contributed by atoms with E-state index in [0.29, 0.717) is 59.8 Å². The minimum Gasteiger partial charge on any atom is -0.488 e. The number of ether oxygens (including phenoxy) is 2. The molecule has 9 heteroatoms. The van der Waals surface area contributed by atoms with E-state index in [1.165, 1.54) is 19.2 Å². The van der Waals surface area contributed by atoms with E-state index in [1.807, 2.05) is 30.3 Å². The Hall–Kier alpha value is -4.45. The molecule has 4 aromatic rings. The van der Waals surface area contributed by atoms with Crippen LogP contribution in [0.5, 0.6) is 11.5 Å². The van der Waals surface area contributed by atoms with E-state index >= 15 is 0 Å². The lowest BCUT2D eigenvalue weighted by Crippen LogP contribution is -2.31. The van der Waals surface area contributed by atoms with Crippen molar-refractivity contribution in [3.8, 4) is 28.7 Å². The lowest BCUT2D eigenvalue weighted by molar-refractivity contribution is -0.150. The molecule has 2 N–H and O–H groups in total. The summed E-state index contributed by atoms with van der Waals surface area (Å²) in [5.41, 5.74) is 4.24. The summed E-state index contributed by atoms with van der Waals surface area (Å²) >= 11 is 6.77. The molecule has 0 spiro atoms. The zero-order valence-corrected chi connectivity index (χ0v) is 25.7. The van der Waals surface area contributed by atoms with Crippen LogP contribution in [-0.2, 0) is 24.2 Å². The van der Waals surface area contributed by atoms with Crippen LogP contribution in [0.1, 0.15) is 66.5 Å². The summed E-state index contributed by atoms with van der Waals surface area (Å²) in [4.78, 5) is 15.7. The van der Waals surface area contributed by atoms with Gasteiger partial charge in [-0.15, -0.1) is 0 Å². The van der Waals surface area contributed by atoms with Crippen LogP contribution in [-0.4, -0.2) is 27.8 Å². The van der Waals surface area contributed by atoms with E-state index in [2.05, 4.69) is 11.1 Å². The van der Waals surface area contributed by atoms with Crippen molar-refractivity contribution < 1.29 is 28.9 Å². The van der Waals surface area contributed by atoms with Crippen LogP contribution in [0, 0.1) is 22.6 Å². The number of halogens is 2. The van der Waals surface area contributed by atoms with Crippen molar-refractivity contribution in [1.82, 2.24) is 4.98 Å². The molecule has 0 amide bonds. The molecule has 0 bridgehead atoms. The fourth-order valence-electron chi connectivity index (χ4n) is 5.69. The molecular formula is C36H34ClFN2O5.